The molecule has 0 heterocycles. The van der Waals surface area contributed by atoms with Crippen molar-refractivity contribution in [2.24, 2.45) is 5.92 Å². The monoisotopic (exact) mass is 230 g/mol. The van der Waals surface area contributed by atoms with E-state index in [0.717, 1.165) is 18.9 Å². The van der Waals surface area contributed by atoms with Gasteiger partial charge in [0.1, 0.15) is 5.75 Å². The molecule has 0 saturated heterocycles. The highest BCUT2D eigenvalue weighted by Gasteiger charge is 2.32. The molecule has 0 unspecified atom stereocenters. The zero-order chi connectivity index (χ0) is 11.8. The molecule has 0 N–H and O–H groups in total. The predicted octanol–water partition coefficient (Wildman–Crippen LogP) is 3.80. The standard InChI is InChI=1S/C12H13F3O/c1-8-2-5-10(16-7-9-3-4-9)6-11(8)12(13,14)15/h2,5-6,9H,3-4,7H2,1H3. The van der Waals surface area contributed by atoms with Gasteiger partial charge in [-0.3, -0.25) is 0 Å². The Morgan fingerprint density at radius 2 is 2.00 bits per heavy atom. The first-order valence-electron chi connectivity index (χ1n) is 5.27. The van der Waals surface area contributed by atoms with Crippen LogP contribution in [0.1, 0.15) is 24.0 Å². The van der Waals surface area contributed by atoms with Gasteiger partial charge < -0.3 is 4.74 Å². The van der Waals surface area contributed by atoms with E-state index in [0.29, 0.717) is 18.3 Å². The maximum absolute atomic E-state index is 12.6. The van der Waals surface area contributed by atoms with E-state index >= 15 is 0 Å². The molecule has 1 aliphatic carbocycles. The minimum absolute atomic E-state index is 0.228. The Hall–Kier alpha value is -1.19. The molecule has 88 valence electrons. The SMILES string of the molecule is Cc1ccc(OCC2CC2)cc1C(F)(F)F. The third-order valence-corrected chi connectivity index (χ3v) is 2.70. The molecule has 0 radical (unpaired) electrons. The smallest absolute Gasteiger partial charge is 0.416 e. The number of ether oxygens (including phenoxy) is 1. The average Bonchev–Trinajstić information content (AvgIpc) is 2.98. The van der Waals surface area contributed by atoms with Crippen LogP contribution in [0.4, 0.5) is 13.2 Å². The topological polar surface area (TPSA) is 9.23 Å². The molecule has 2 rings (SSSR count). The largest absolute Gasteiger partial charge is 0.493 e. The summed E-state index contributed by atoms with van der Waals surface area (Å²) in [5, 5.41) is 0. The van der Waals surface area contributed by atoms with Gasteiger partial charge >= 0.3 is 6.18 Å². The molecule has 1 aromatic carbocycles. The van der Waals surface area contributed by atoms with Crippen LogP contribution in [0.5, 0.6) is 5.75 Å². The molecule has 0 atom stereocenters. The Labute approximate surface area is 92.2 Å². The summed E-state index contributed by atoms with van der Waals surface area (Å²) in [5.74, 6) is 0.848. The molecule has 0 amide bonds. The number of rotatable bonds is 3. The van der Waals surface area contributed by atoms with Crippen molar-refractivity contribution in [1.82, 2.24) is 0 Å². The second-order valence-corrected chi connectivity index (χ2v) is 4.23. The van der Waals surface area contributed by atoms with Gasteiger partial charge in [0.2, 0.25) is 0 Å². The van der Waals surface area contributed by atoms with Gasteiger partial charge in [0.05, 0.1) is 12.2 Å². The first-order valence-corrected chi connectivity index (χ1v) is 5.27. The van der Waals surface area contributed by atoms with Crippen molar-refractivity contribution in [3.8, 4) is 5.75 Å². The van der Waals surface area contributed by atoms with Crippen LogP contribution in [0.3, 0.4) is 0 Å². The summed E-state index contributed by atoms with van der Waals surface area (Å²) in [5.41, 5.74) is -0.382. The fourth-order valence-corrected chi connectivity index (χ4v) is 1.49. The lowest BCUT2D eigenvalue weighted by Gasteiger charge is -2.12. The Morgan fingerprint density at radius 3 is 2.56 bits per heavy atom. The molecule has 1 fully saturated rings. The quantitative estimate of drug-likeness (QED) is 0.767. The molecule has 0 aromatic heterocycles. The van der Waals surface area contributed by atoms with E-state index in [1.807, 2.05) is 0 Å². The highest BCUT2D eigenvalue weighted by Crippen LogP contribution is 2.35. The maximum Gasteiger partial charge on any atom is 0.416 e. The van der Waals surface area contributed by atoms with E-state index in [9.17, 15) is 13.2 Å². The molecule has 1 nitrogen and oxygen atoms in total. The first kappa shape index (κ1) is 11.3. The van der Waals surface area contributed by atoms with E-state index < -0.39 is 11.7 Å². The van der Waals surface area contributed by atoms with Crippen LogP contribution in [0, 0.1) is 12.8 Å². The Morgan fingerprint density at radius 1 is 1.31 bits per heavy atom. The number of hydrogen-bond acceptors (Lipinski definition) is 1. The minimum atomic E-state index is -4.30. The lowest BCUT2D eigenvalue weighted by Crippen LogP contribution is -2.08. The number of halogens is 3. The van der Waals surface area contributed by atoms with Gasteiger partial charge in [-0.05, 0) is 43.4 Å². The van der Waals surface area contributed by atoms with Gasteiger partial charge in [-0.15, -0.1) is 0 Å². The van der Waals surface area contributed by atoms with Crippen LogP contribution < -0.4 is 4.74 Å². The fourth-order valence-electron chi connectivity index (χ4n) is 1.49. The summed E-state index contributed by atoms with van der Waals surface area (Å²) in [4.78, 5) is 0. The van der Waals surface area contributed by atoms with Crippen molar-refractivity contribution in [2.45, 2.75) is 25.9 Å². The van der Waals surface area contributed by atoms with Crippen LogP contribution in [-0.4, -0.2) is 6.61 Å². The lowest BCUT2D eigenvalue weighted by molar-refractivity contribution is -0.138. The molecule has 0 aliphatic heterocycles. The van der Waals surface area contributed by atoms with Crippen LogP contribution >= 0.6 is 0 Å². The summed E-state index contributed by atoms with van der Waals surface area (Å²) < 4.78 is 43.1. The summed E-state index contributed by atoms with van der Waals surface area (Å²) >= 11 is 0. The second-order valence-electron chi connectivity index (χ2n) is 4.23. The summed E-state index contributed by atoms with van der Waals surface area (Å²) in [7, 11) is 0. The Bertz CT molecular complexity index is 380. The van der Waals surface area contributed by atoms with Crippen LogP contribution in [-0.2, 0) is 6.18 Å². The second kappa shape index (κ2) is 4.00. The van der Waals surface area contributed by atoms with Crippen LogP contribution in [0.15, 0.2) is 18.2 Å². The number of aryl methyl sites for hydroxylation is 1. The Balaban J connectivity index is 2.13. The number of hydrogen-bond donors (Lipinski definition) is 0. The molecule has 0 bridgehead atoms. The molecule has 4 heteroatoms. The van der Waals surface area contributed by atoms with Crippen LogP contribution in [0.2, 0.25) is 0 Å². The van der Waals surface area contributed by atoms with E-state index in [2.05, 4.69) is 0 Å². The predicted molar refractivity (Wildman–Crippen MR) is 54.4 cm³/mol. The van der Waals surface area contributed by atoms with E-state index in [1.165, 1.54) is 13.0 Å². The van der Waals surface area contributed by atoms with Crippen molar-refractivity contribution in [3.05, 3.63) is 29.3 Å². The molecule has 0 spiro atoms. The third-order valence-electron chi connectivity index (χ3n) is 2.70. The number of benzene rings is 1. The minimum Gasteiger partial charge on any atom is -0.493 e. The first-order chi connectivity index (χ1) is 7.47. The molecular formula is C12H13F3O. The van der Waals surface area contributed by atoms with Crippen molar-refractivity contribution >= 4 is 0 Å². The molecule has 1 aliphatic rings. The zero-order valence-corrected chi connectivity index (χ0v) is 8.97. The summed E-state index contributed by atoms with van der Waals surface area (Å²) in [6.45, 7) is 1.98. The molecule has 1 saturated carbocycles. The van der Waals surface area contributed by atoms with E-state index in [4.69, 9.17) is 4.74 Å². The highest BCUT2D eigenvalue weighted by atomic mass is 19.4. The Kier molecular flexibility index (Phi) is 2.82. The zero-order valence-electron chi connectivity index (χ0n) is 8.97. The van der Waals surface area contributed by atoms with E-state index in [1.54, 1.807) is 6.07 Å². The fraction of sp³-hybridized carbons (Fsp3) is 0.500. The molecule has 16 heavy (non-hydrogen) atoms. The molecular weight excluding hydrogens is 217 g/mol. The van der Waals surface area contributed by atoms with Gasteiger partial charge in [-0.2, -0.15) is 13.2 Å². The van der Waals surface area contributed by atoms with Gasteiger partial charge in [-0.1, -0.05) is 6.07 Å². The lowest BCUT2D eigenvalue weighted by atomic mass is 10.1. The third kappa shape index (κ3) is 2.68. The van der Waals surface area contributed by atoms with Crippen molar-refractivity contribution in [2.75, 3.05) is 6.61 Å². The normalized spacial score (nSPS) is 16.2. The van der Waals surface area contributed by atoms with Gasteiger partial charge in [0.25, 0.3) is 0 Å². The van der Waals surface area contributed by atoms with Gasteiger partial charge in [0, 0.05) is 0 Å². The van der Waals surface area contributed by atoms with E-state index in [-0.39, 0.29) is 5.56 Å². The number of alkyl halides is 3. The van der Waals surface area contributed by atoms with Crippen molar-refractivity contribution < 1.29 is 17.9 Å². The van der Waals surface area contributed by atoms with Gasteiger partial charge in [0.15, 0.2) is 0 Å². The molecule has 1 aromatic rings. The maximum atomic E-state index is 12.6. The highest BCUT2D eigenvalue weighted by molar-refractivity contribution is 5.36. The van der Waals surface area contributed by atoms with Crippen LogP contribution in [0.25, 0.3) is 0 Å². The van der Waals surface area contributed by atoms with Crippen molar-refractivity contribution in [1.29, 1.82) is 0 Å². The summed E-state index contributed by atoms with van der Waals surface area (Å²) in [6, 6.07) is 4.12. The average molecular weight is 230 g/mol. The van der Waals surface area contributed by atoms with Crippen molar-refractivity contribution in [3.63, 3.8) is 0 Å². The summed E-state index contributed by atoms with van der Waals surface area (Å²) in [6.07, 6.45) is -2.06. The van der Waals surface area contributed by atoms with Gasteiger partial charge in [-0.25, -0.2) is 0 Å².